The van der Waals surface area contributed by atoms with Gasteiger partial charge in [-0.2, -0.15) is 0 Å². The molecule has 1 amide bonds. The average Bonchev–Trinajstić information content (AvgIpc) is 3.43. The van der Waals surface area contributed by atoms with Gasteiger partial charge in [0.1, 0.15) is 17.8 Å². The van der Waals surface area contributed by atoms with Crippen LogP contribution in [0.3, 0.4) is 0 Å². The number of para-hydroxylation sites is 1. The lowest BCUT2D eigenvalue weighted by atomic mass is 9.77. The van der Waals surface area contributed by atoms with Crippen molar-refractivity contribution >= 4 is 19.2 Å². The molecule has 0 saturated heterocycles. The molecule has 0 radical (unpaired) electrons. The van der Waals surface area contributed by atoms with E-state index in [4.69, 9.17) is 23.3 Å². The van der Waals surface area contributed by atoms with Crippen molar-refractivity contribution in [2.75, 3.05) is 44.2 Å². The smallest absolute Gasteiger partial charge is 0.332 e. The zero-order valence-corrected chi connectivity index (χ0v) is 18.4. The SMILES string of the molecule is CCOP(=O)(CCN1C(=O)C2(COc3cc4c(cc32)OCO4)c2ccccc21)OCC. The monoisotopic (exact) mass is 445 g/mol. The Bertz CT molecular complexity index is 1080. The van der Waals surface area contributed by atoms with Crippen molar-refractivity contribution < 1.29 is 32.6 Å². The van der Waals surface area contributed by atoms with Gasteiger partial charge < -0.3 is 28.2 Å². The summed E-state index contributed by atoms with van der Waals surface area (Å²) in [6.45, 7) is 4.65. The summed E-state index contributed by atoms with van der Waals surface area (Å²) >= 11 is 0. The minimum Gasteiger partial charge on any atom is -0.491 e. The number of nitrogens with zero attached hydrogens (tertiary/aromatic N) is 1. The van der Waals surface area contributed by atoms with Crippen molar-refractivity contribution in [3.05, 3.63) is 47.5 Å². The minimum atomic E-state index is -3.29. The second-order valence-corrected chi connectivity index (χ2v) is 9.73. The Morgan fingerprint density at radius 3 is 2.45 bits per heavy atom. The molecule has 1 spiro atoms. The predicted octanol–water partition coefficient (Wildman–Crippen LogP) is 3.71. The van der Waals surface area contributed by atoms with Crippen molar-refractivity contribution in [2.24, 2.45) is 0 Å². The number of fused-ring (bicyclic) bond motifs is 5. The number of benzene rings is 2. The molecule has 1 unspecified atom stereocenters. The predicted molar refractivity (Wildman–Crippen MR) is 113 cm³/mol. The van der Waals surface area contributed by atoms with Crippen LogP contribution in [0.15, 0.2) is 36.4 Å². The molecule has 0 aromatic heterocycles. The van der Waals surface area contributed by atoms with Gasteiger partial charge in [0.25, 0.3) is 0 Å². The maximum atomic E-state index is 13.9. The van der Waals surface area contributed by atoms with Gasteiger partial charge in [-0.05, 0) is 31.5 Å². The Morgan fingerprint density at radius 2 is 1.71 bits per heavy atom. The van der Waals surface area contributed by atoms with Crippen LogP contribution in [0.25, 0.3) is 0 Å². The first-order valence-corrected chi connectivity index (χ1v) is 12.1. The quantitative estimate of drug-likeness (QED) is 0.601. The van der Waals surface area contributed by atoms with Crippen LogP contribution in [0.4, 0.5) is 5.69 Å². The normalized spacial score (nSPS) is 20.8. The fraction of sp³-hybridized carbons (Fsp3) is 0.409. The molecule has 8 nitrogen and oxygen atoms in total. The minimum absolute atomic E-state index is 0.111. The molecule has 3 aliphatic heterocycles. The van der Waals surface area contributed by atoms with Crippen LogP contribution in [0.2, 0.25) is 0 Å². The van der Waals surface area contributed by atoms with Crippen molar-refractivity contribution in [2.45, 2.75) is 19.3 Å². The molecule has 0 bridgehead atoms. The number of carbonyl (C=O) groups excluding carboxylic acids is 1. The van der Waals surface area contributed by atoms with E-state index < -0.39 is 13.0 Å². The molecule has 0 saturated carbocycles. The first-order valence-electron chi connectivity index (χ1n) is 10.4. The van der Waals surface area contributed by atoms with Crippen LogP contribution in [0.5, 0.6) is 17.2 Å². The molecule has 31 heavy (non-hydrogen) atoms. The molecular formula is C22H24NO7P. The standard InChI is InChI=1S/C22H24NO7P/c1-3-29-31(25,30-4-2)10-9-23-17-8-6-5-7-15(17)22(21(23)24)13-26-18-12-20-19(11-16(18)22)27-14-28-20/h5-8,11-12H,3-4,9-10,13-14H2,1-2H3. The zero-order valence-electron chi connectivity index (χ0n) is 17.5. The highest BCUT2D eigenvalue weighted by Crippen LogP contribution is 2.55. The second kappa shape index (κ2) is 7.55. The lowest BCUT2D eigenvalue weighted by Crippen LogP contribution is -2.43. The van der Waals surface area contributed by atoms with E-state index in [1.54, 1.807) is 24.8 Å². The van der Waals surface area contributed by atoms with E-state index >= 15 is 0 Å². The molecule has 164 valence electrons. The lowest BCUT2D eigenvalue weighted by molar-refractivity contribution is -0.122. The molecule has 9 heteroatoms. The Kier molecular flexibility index (Phi) is 4.96. The molecule has 2 aromatic rings. The maximum Gasteiger partial charge on any atom is 0.332 e. The summed E-state index contributed by atoms with van der Waals surface area (Å²) in [6, 6.07) is 11.3. The van der Waals surface area contributed by atoms with Crippen molar-refractivity contribution in [1.82, 2.24) is 0 Å². The summed E-state index contributed by atoms with van der Waals surface area (Å²) in [5, 5.41) is 0. The first-order chi connectivity index (χ1) is 15.0. The van der Waals surface area contributed by atoms with E-state index in [0.717, 1.165) is 16.8 Å². The van der Waals surface area contributed by atoms with E-state index in [-0.39, 0.29) is 45.2 Å². The third-order valence-electron chi connectivity index (χ3n) is 5.89. The van der Waals surface area contributed by atoms with Crippen molar-refractivity contribution in [3.8, 4) is 17.2 Å². The third kappa shape index (κ3) is 3.04. The number of amides is 1. The molecule has 5 rings (SSSR count). The highest BCUT2D eigenvalue weighted by Gasteiger charge is 2.57. The van der Waals surface area contributed by atoms with E-state index in [2.05, 4.69) is 0 Å². The summed E-state index contributed by atoms with van der Waals surface area (Å²) in [5.74, 6) is 1.71. The number of hydrogen-bond acceptors (Lipinski definition) is 7. The van der Waals surface area contributed by atoms with Gasteiger partial charge in [-0.1, -0.05) is 18.2 Å². The third-order valence-corrected chi connectivity index (χ3v) is 7.94. The molecule has 0 aliphatic carbocycles. The van der Waals surface area contributed by atoms with Gasteiger partial charge in [-0.25, -0.2) is 0 Å². The van der Waals surface area contributed by atoms with Crippen molar-refractivity contribution in [1.29, 1.82) is 0 Å². The fourth-order valence-corrected chi connectivity index (χ4v) is 6.13. The summed E-state index contributed by atoms with van der Waals surface area (Å²) in [7, 11) is -3.29. The van der Waals surface area contributed by atoms with E-state index in [9.17, 15) is 9.36 Å². The molecule has 3 aliphatic rings. The molecule has 1 atom stereocenters. The van der Waals surface area contributed by atoms with Crippen LogP contribution in [-0.2, 0) is 23.8 Å². The van der Waals surface area contributed by atoms with Gasteiger partial charge in [0.2, 0.25) is 12.7 Å². The topological polar surface area (TPSA) is 83.5 Å². The Hall–Kier alpha value is -2.54. The van der Waals surface area contributed by atoms with Gasteiger partial charge >= 0.3 is 7.60 Å². The zero-order chi connectivity index (χ0) is 21.6. The van der Waals surface area contributed by atoms with Crippen LogP contribution < -0.4 is 19.1 Å². The lowest BCUT2D eigenvalue weighted by Gasteiger charge is -2.24. The number of rotatable bonds is 7. The van der Waals surface area contributed by atoms with E-state index in [1.807, 2.05) is 30.3 Å². The Morgan fingerprint density at radius 1 is 1.00 bits per heavy atom. The summed E-state index contributed by atoms with van der Waals surface area (Å²) < 4.78 is 40.8. The highest BCUT2D eigenvalue weighted by molar-refractivity contribution is 7.53. The highest BCUT2D eigenvalue weighted by atomic mass is 31.2. The largest absolute Gasteiger partial charge is 0.491 e. The Labute approximate surface area is 180 Å². The number of hydrogen-bond donors (Lipinski definition) is 0. The van der Waals surface area contributed by atoms with E-state index in [0.29, 0.717) is 17.2 Å². The number of ether oxygens (including phenoxy) is 3. The van der Waals surface area contributed by atoms with Crippen LogP contribution in [0, 0.1) is 0 Å². The van der Waals surface area contributed by atoms with Gasteiger partial charge in [-0.3, -0.25) is 9.36 Å². The first kappa shape index (κ1) is 20.4. The van der Waals surface area contributed by atoms with Gasteiger partial charge in [0.05, 0.1) is 19.4 Å². The molecule has 0 N–H and O–H groups in total. The number of carbonyl (C=O) groups is 1. The van der Waals surface area contributed by atoms with Gasteiger partial charge in [0, 0.05) is 23.9 Å². The van der Waals surface area contributed by atoms with Crippen LogP contribution >= 0.6 is 7.60 Å². The Balaban J connectivity index is 1.53. The van der Waals surface area contributed by atoms with Gasteiger partial charge in [0.15, 0.2) is 11.5 Å². The fourth-order valence-electron chi connectivity index (χ4n) is 4.57. The van der Waals surface area contributed by atoms with Crippen LogP contribution in [-0.4, -0.2) is 45.2 Å². The summed E-state index contributed by atoms with van der Waals surface area (Å²) in [4.78, 5) is 15.6. The van der Waals surface area contributed by atoms with Crippen molar-refractivity contribution in [3.63, 3.8) is 0 Å². The number of anilines is 1. The van der Waals surface area contributed by atoms with Gasteiger partial charge in [-0.15, -0.1) is 0 Å². The summed E-state index contributed by atoms with van der Waals surface area (Å²) in [5.41, 5.74) is 1.42. The maximum absolute atomic E-state index is 13.9. The summed E-state index contributed by atoms with van der Waals surface area (Å²) in [6.07, 6.45) is 0.111. The average molecular weight is 445 g/mol. The molecular weight excluding hydrogens is 421 g/mol. The van der Waals surface area contributed by atoms with E-state index in [1.165, 1.54) is 0 Å². The van der Waals surface area contributed by atoms with Crippen LogP contribution in [0.1, 0.15) is 25.0 Å². The molecule has 2 aromatic carbocycles. The molecule has 3 heterocycles. The second-order valence-electron chi connectivity index (χ2n) is 7.54. The molecule has 0 fully saturated rings.